The zero-order valence-corrected chi connectivity index (χ0v) is 15.5. The number of carbonyl (C=O) groups excluding carboxylic acids is 2. The highest BCUT2D eigenvalue weighted by atomic mass is 16.5. The number of nitrogens with zero attached hydrogens (tertiary/aromatic N) is 1. The minimum absolute atomic E-state index is 0.000434. The Labute approximate surface area is 159 Å². The van der Waals surface area contributed by atoms with E-state index in [1.54, 1.807) is 24.3 Å². The van der Waals surface area contributed by atoms with Gasteiger partial charge in [0.05, 0.1) is 24.0 Å². The fourth-order valence-corrected chi connectivity index (χ4v) is 2.58. The topological polar surface area (TPSA) is 100 Å². The van der Waals surface area contributed by atoms with Gasteiger partial charge in [0.25, 0.3) is 5.91 Å². The Morgan fingerprint density at radius 1 is 1.41 bits per heavy atom. The van der Waals surface area contributed by atoms with E-state index in [4.69, 9.17) is 9.47 Å². The molecule has 1 aliphatic heterocycles. The van der Waals surface area contributed by atoms with Gasteiger partial charge in [-0.3, -0.25) is 4.79 Å². The van der Waals surface area contributed by atoms with Crippen LogP contribution in [-0.4, -0.2) is 37.7 Å². The first-order chi connectivity index (χ1) is 13.2. The number of carbonyl (C=O) groups is 2. The highest BCUT2D eigenvalue weighted by Crippen LogP contribution is 2.17. The molecule has 1 aromatic carbocycles. The van der Waals surface area contributed by atoms with Crippen LogP contribution in [0.25, 0.3) is 0 Å². The predicted octanol–water partition coefficient (Wildman–Crippen LogP) is 2.76. The van der Waals surface area contributed by atoms with Gasteiger partial charge in [-0.25, -0.2) is 4.79 Å². The van der Waals surface area contributed by atoms with E-state index in [1.165, 1.54) is 6.20 Å². The van der Waals surface area contributed by atoms with Crippen molar-refractivity contribution < 1.29 is 19.1 Å². The molecule has 0 spiro atoms. The lowest BCUT2D eigenvalue weighted by atomic mass is 10.1. The largest absolute Gasteiger partial charge is 0.462 e. The number of para-hydroxylation sites is 1. The van der Waals surface area contributed by atoms with Crippen molar-refractivity contribution in [2.75, 3.05) is 25.1 Å². The number of hydrogen-bond acceptors (Lipinski definition) is 6. The lowest BCUT2D eigenvalue weighted by Crippen LogP contribution is -2.32. The van der Waals surface area contributed by atoms with Crippen molar-refractivity contribution in [2.24, 2.45) is 0 Å². The first-order valence-corrected chi connectivity index (χ1v) is 9.18. The van der Waals surface area contributed by atoms with Crippen LogP contribution in [0, 0.1) is 11.3 Å². The molecular formula is C20H25N3O4. The molecule has 1 aliphatic rings. The van der Waals surface area contributed by atoms with Crippen LogP contribution in [0.2, 0.25) is 0 Å². The lowest BCUT2D eigenvalue weighted by molar-refractivity contribution is -0.117. The number of nitrogens with one attached hydrogen (secondary N) is 2. The van der Waals surface area contributed by atoms with Crippen molar-refractivity contribution in [3.05, 3.63) is 41.6 Å². The van der Waals surface area contributed by atoms with Crippen molar-refractivity contribution in [2.45, 2.75) is 38.7 Å². The van der Waals surface area contributed by atoms with Gasteiger partial charge in [-0.1, -0.05) is 25.5 Å². The summed E-state index contributed by atoms with van der Waals surface area (Å²) in [4.78, 5) is 24.4. The summed E-state index contributed by atoms with van der Waals surface area (Å²) >= 11 is 0. The quantitative estimate of drug-likeness (QED) is 0.300. The Bertz CT molecular complexity index is 718. The smallest absolute Gasteiger partial charge is 0.340 e. The predicted molar refractivity (Wildman–Crippen MR) is 101 cm³/mol. The van der Waals surface area contributed by atoms with Gasteiger partial charge in [-0.05, 0) is 31.4 Å². The maximum atomic E-state index is 12.2. The van der Waals surface area contributed by atoms with E-state index in [0.29, 0.717) is 31.0 Å². The molecule has 0 radical (unpaired) electrons. The van der Waals surface area contributed by atoms with Crippen molar-refractivity contribution in [1.82, 2.24) is 5.32 Å². The van der Waals surface area contributed by atoms with Crippen LogP contribution < -0.4 is 10.6 Å². The van der Waals surface area contributed by atoms with Gasteiger partial charge in [0.2, 0.25) is 0 Å². The number of hydrogen-bond donors (Lipinski definition) is 2. The van der Waals surface area contributed by atoms with E-state index in [0.717, 1.165) is 25.7 Å². The van der Waals surface area contributed by atoms with Crippen molar-refractivity contribution in [3.63, 3.8) is 0 Å². The molecule has 0 bridgehead atoms. The molecule has 1 atom stereocenters. The molecule has 1 saturated heterocycles. The van der Waals surface area contributed by atoms with Gasteiger partial charge < -0.3 is 20.1 Å². The standard InChI is InChI=1S/C20H25N3O4/c1-2-3-10-27-20(25)17-8-4-5-9-18(17)22-13-15(12-21)19(24)23-14-16-7-6-11-26-16/h4-5,8-9,13,16,22H,2-3,6-7,10-11,14H2,1H3,(H,23,24)/b15-13-. The summed E-state index contributed by atoms with van der Waals surface area (Å²) in [5.41, 5.74) is 0.739. The number of amides is 1. The van der Waals surface area contributed by atoms with Crippen LogP contribution in [-0.2, 0) is 14.3 Å². The highest BCUT2D eigenvalue weighted by molar-refractivity contribution is 5.98. The number of ether oxygens (including phenoxy) is 2. The summed E-state index contributed by atoms with van der Waals surface area (Å²) in [6.45, 7) is 3.45. The van der Waals surface area contributed by atoms with E-state index in [1.807, 2.05) is 13.0 Å². The fraction of sp³-hybridized carbons (Fsp3) is 0.450. The maximum Gasteiger partial charge on any atom is 0.340 e. The molecule has 7 nitrogen and oxygen atoms in total. The second kappa shape index (κ2) is 11.0. The summed E-state index contributed by atoms with van der Waals surface area (Å²) in [6.07, 6.45) is 4.91. The van der Waals surface area contributed by atoms with Crippen molar-refractivity contribution in [1.29, 1.82) is 5.26 Å². The minimum Gasteiger partial charge on any atom is -0.462 e. The SMILES string of the molecule is CCCCOC(=O)c1ccccc1N/C=C(/C#N)C(=O)NCC1CCCO1. The van der Waals surface area contributed by atoms with Crippen LogP contribution in [0.15, 0.2) is 36.0 Å². The Balaban J connectivity index is 1.98. The van der Waals surface area contributed by atoms with Crippen LogP contribution in [0.5, 0.6) is 0 Å². The fourth-order valence-electron chi connectivity index (χ4n) is 2.58. The van der Waals surface area contributed by atoms with E-state index in [-0.39, 0.29) is 11.7 Å². The van der Waals surface area contributed by atoms with E-state index < -0.39 is 11.9 Å². The third-order valence-corrected chi connectivity index (χ3v) is 4.13. The molecule has 1 heterocycles. The van der Waals surface area contributed by atoms with Crippen LogP contribution in [0.4, 0.5) is 5.69 Å². The average molecular weight is 371 g/mol. The monoisotopic (exact) mass is 371 g/mol. The summed E-state index contributed by atoms with van der Waals surface area (Å²) in [7, 11) is 0. The Morgan fingerprint density at radius 2 is 2.22 bits per heavy atom. The third kappa shape index (κ3) is 6.42. The number of unbranched alkanes of at least 4 members (excludes halogenated alkanes) is 1. The molecule has 2 rings (SSSR count). The second-order valence-electron chi connectivity index (χ2n) is 6.19. The molecule has 7 heteroatoms. The highest BCUT2D eigenvalue weighted by Gasteiger charge is 2.18. The molecule has 0 aromatic heterocycles. The molecule has 1 fully saturated rings. The molecule has 144 valence electrons. The summed E-state index contributed by atoms with van der Waals surface area (Å²) in [6, 6.07) is 8.67. The van der Waals surface area contributed by atoms with Gasteiger partial charge in [-0.2, -0.15) is 5.26 Å². The van der Waals surface area contributed by atoms with Gasteiger partial charge in [0.15, 0.2) is 0 Å². The minimum atomic E-state index is -0.483. The molecule has 2 N–H and O–H groups in total. The molecule has 1 amide bonds. The van der Waals surface area contributed by atoms with Crippen LogP contribution >= 0.6 is 0 Å². The Morgan fingerprint density at radius 3 is 2.93 bits per heavy atom. The number of nitriles is 1. The summed E-state index contributed by atoms with van der Waals surface area (Å²) < 4.78 is 10.7. The van der Waals surface area contributed by atoms with Crippen LogP contribution in [0.3, 0.4) is 0 Å². The number of benzene rings is 1. The van der Waals surface area contributed by atoms with Gasteiger partial charge in [-0.15, -0.1) is 0 Å². The molecule has 1 aromatic rings. The van der Waals surface area contributed by atoms with E-state index in [2.05, 4.69) is 10.6 Å². The van der Waals surface area contributed by atoms with Crippen molar-refractivity contribution >= 4 is 17.6 Å². The third-order valence-electron chi connectivity index (χ3n) is 4.13. The van der Waals surface area contributed by atoms with E-state index in [9.17, 15) is 14.9 Å². The van der Waals surface area contributed by atoms with Gasteiger partial charge in [0.1, 0.15) is 11.6 Å². The first-order valence-electron chi connectivity index (χ1n) is 9.18. The zero-order chi connectivity index (χ0) is 19.5. The normalized spacial score (nSPS) is 16.4. The Hall–Kier alpha value is -2.85. The summed E-state index contributed by atoms with van der Waals surface area (Å²) in [5.74, 6) is -0.926. The van der Waals surface area contributed by atoms with E-state index >= 15 is 0 Å². The summed E-state index contributed by atoms with van der Waals surface area (Å²) in [5, 5.41) is 14.8. The van der Waals surface area contributed by atoms with Crippen LogP contribution in [0.1, 0.15) is 43.0 Å². The Kier molecular flexibility index (Phi) is 8.33. The number of esters is 1. The molecule has 1 unspecified atom stereocenters. The number of rotatable bonds is 9. The van der Waals surface area contributed by atoms with Gasteiger partial charge >= 0.3 is 5.97 Å². The lowest BCUT2D eigenvalue weighted by Gasteiger charge is -2.11. The zero-order valence-electron chi connectivity index (χ0n) is 15.5. The first kappa shape index (κ1) is 20.5. The molecule has 0 saturated carbocycles. The van der Waals surface area contributed by atoms with Gasteiger partial charge in [0, 0.05) is 19.4 Å². The maximum absolute atomic E-state index is 12.2. The number of anilines is 1. The molecular weight excluding hydrogens is 346 g/mol. The molecule has 27 heavy (non-hydrogen) atoms. The van der Waals surface area contributed by atoms with Crippen molar-refractivity contribution in [3.8, 4) is 6.07 Å². The second-order valence-corrected chi connectivity index (χ2v) is 6.19. The molecule has 0 aliphatic carbocycles. The average Bonchev–Trinajstić information content (AvgIpc) is 3.21.